The highest BCUT2D eigenvalue weighted by Gasteiger charge is 2.29. The van der Waals surface area contributed by atoms with E-state index in [-0.39, 0.29) is 4.99 Å². The molecule has 0 bridgehead atoms. The second kappa shape index (κ2) is 6.59. The molecule has 116 valence electrons. The van der Waals surface area contributed by atoms with Gasteiger partial charge in [0.15, 0.2) is 0 Å². The molecule has 1 saturated heterocycles. The van der Waals surface area contributed by atoms with Gasteiger partial charge in [0.1, 0.15) is 16.4 Å². The van der Waals surface area contributed by atoms with E-state index in [1.165, 1.54) is 7.11 Å². The lowest BCUT2D eigenvalue weighted by Gasteiger charge is -2.24. The zero-order chi connectivity index (χ0) is 15.5. The topological polar surface area (TPSA) is 90.6 Å². The van der Waals surface area contributed by atoms with Gasteiger partial charge in [-0.1, -0.05) is 18.3 Å². The molecule has 2 rings (SSSR count). The smallest absolute Gasteiger partial charge is 0.235 e. The molecule has 6 nitrogen and oxygen atoms in total. The number of thiocarbonyl (C=S) groups is 1. The predicted molar refractivity (Wildman–Crippen MR) is 85.3 cm³/mol. The van der Waals surface area contributed by atoms with Crippen molar-refractivity contribution >= 4 is 32.9 Å². The molecular weight excluding hydrogens is 312 g/mol. The Labute approximate surface area is 129 Å². The summed E-state index contributed by atoms with van der Waals surface area (Å²) in [7, 11) is -2.09. The minimum atomic E-state index is -3.55. The van der Waals surface area contributed by atoms with Gasteiger partial charge in [-0.2, -0.15) is 0 Å². The molecular formula is C13H18N2O4S2. The summed E-state index contributed by atoms with van der Waals surface area (Å²) in [4.78, 5) is 0.110. The van der Waals surface area contributed by atoms with Crippen LogP contribution in [0.2, 0.25) is 0 Å². The molecule has 1 fully saturated rings. The molecule has 1 aromatic carbocycles. The zero-order valence-electron chi connectivity index (χ0n) is 11.7. The standard InChI is InChI=1S/C13H18N2O4S2/c1-18-11-4-2-3-10(13(14)20)12(11)15-21(16,17)9-5-7-19-8-6-9/h2-4,9,15H,5-8H2,1H3,(H2,14,20). The van der Waals surface area contributed by atoms with Gasteiger partial charge in [-0.3, -0.25) is 4.72 Å². The van der Waals surface area contributed by atoms with Crippen molar-refractivity contribution in [1.82, 2.24) is 0 Å². The molecule has 1 aliphatic heterocycles. The van der Waals surface area contributed by atoms with Crippen LogP contribution in [0.1, 0.15) is 18.4 Å². The molecule has 0 aromatic heterocycles. The molecule has 0 amide bonds. The van der Waals surface area contributed by atoms with Gasteiger partial charge in [-0.25, -0.2) is 8.42 Å². The minimum absolute atomic E-state index is 0.110. The summed E-state index contributed by atoms with van der Waals surface area (Å²) < 4.78 is 38.0. The molecule has 0 unspecified atom stereocenters. The van der Waals surface area contributed by atoms with Crippen LogP contribution in [0.4, 0.5) is 5.69 Å². The van der Waals surface area contributed by atoms with E-state index in [4.69, 9.17) is 27.4 Å². The highest BCUT2D eigenvalue weighted by Crippen LogP contribution is 2.31. The number of benzene rings is 1. The molecule has 3 N–H and O–H groups in total. The second-order valence-electron chi connectivity index (χ2n) is 4.71. The number of ether oxygens (including phenoxy) is 2. The number of hydrogen-bond donors (Lipinski definition) is 2. The molecule has 21 heavy (non-hydrogen) atoms. The zero-order valence-corrected chi connectivity index (χ0v) is 13.3. The van der Waals surface area contributed by atoms with Gasteiger partial charge < -0.3 is 15.2 Å². The van der Waals surface area contributed by atoms with E-state index in [1.807, 2.05) is 0 Å². The molecule has 1 heterocycles. The molecule has 0 aliphatic carbocycles. The van der Waals surface area contributed by atoms with Crippen molar-refractivity contribution in [2.75, 3.05) is 25.0 Å². The predicted octanol–water partition coefficient (Wildman–Crippen LogP) is 1.25. The Kier molecular flexibility index (Phi) is 5.02. The Balaban J connectivity index is 2.35. The van der Waals surface area contributed by atoms with Gasteiger partial charge in [0, 0.05) is 18.8 Å². The number of para-hydroxylation sites is 1. The number of anilines is 1. The third-order valence-corrected chi connectivity index (χ3v) is 5.42. The van der Waals surface area contributed by atoms with Crippen molar-refractivity contribution in [1.29, 1.82) is 0 Å². The first-order valence-electron chi connectivity index (χ1n) is 6.52. The van der Waals surface area contributed by atoms with Crippen molar-refractivity contribution in [3.05, 3.63) is 23.8 Å². The molecule has 1 aliphatic rings. The van der Waals surface area contributed by atoms with Crippen LogP contribution in [-0.4, -0.2) is 39.0 Å². The number of sulfonamides is 1. The molecule has 8 heteroatoms. The SMILES string of the molecule is COc1cccc(C(N)=S)c1NS(=O)(=O)C1CCOCC1. The van der Waals surface area contributed by atoms with E-state index in [0.717, 1.165) is 0 Å². The van der Waals surface area contributed by atoms with Crippen molar-refractivity contribution in [3.63, 3.8) is 0 Å². The van der Waals surface area contributed by atoms with Crippen LogP contribution in [0, 0.1) is 0 Å². The first-order chi connectivity index (χ1) is 9.95. The van der Waals surface area contributed by atoms with Crippen LogP contribution < -0.4 is 15.2 Å². The maximum absolute atomic E-state index is 12.5. The van der Waals surface area contributed by atoms with Crippen molar-refractivity contribution < 1.29 is 17.9 Å². The van der Waals surface area contributed by atoms with Gasteiger partial charge in [0.25, 0.3) is 0 Å². The average molecular weight is 330 g/mol. The van der Waals surface area contributed by atoms with E-state index < -0.39 is 15.3 Å². The Morgan fingerprint density at radius 2 is 2.10 bits per heavy atom. The summed E-state index contributed by atoms with van der Waals surface area (Å²) >= 11 is 4.97. The summed E-state index contributed by atoms with van der Waals surface area (Å²) in [5.74, 6) is 0.385. The van der Waals surface area contributed by atoms with Gasteiger partial charge in [-0.05, 0) is 25.0 Å². The summed E-state index contributed by atoms with van der Waals surface area (Å²) in [5, 5.41) is -0.490. The summed E-state index contributed by atoms with van der Waals surface area (Å²) in [6.07, 6.45) is 0.930. The first kappa shape index (κ1) is 16.0. The van der Waals surface area contributed by atoms with E-state index in [1.54, 1.807) is 18.2 Å². The lowest BCUT2D eigenvalue weighted by Crippen LogP contribution is -2.34. The quantitative estimate of drug-likeness (QED) is 0.790. The second-order valence-corrected chi connectivity index (χ2v) is 7.11. The molecule has 0 spiro atoms. The lowest BCUT2D eigenvalue weighted by molar-refractivity contribution is 0.0984. The summed E-state index contributed by atoms with van der Waals surface area (Å²) in [6.45, 7) is 0.888. The highest BCUT2D eigenvalue weighted by atomic mass is 32.2. The lowest BCUT2D eigenvalue weighted by atomic mass is 10.1. The summed E-state index contributed by atoms with van der Waals surface area (Å²) in [6, 6.07) is 5.02. The largest absolute Gasteiger partial charge is 0.495 e. The maximum Gasteiger partial charge on any atom is 0.235 e. The fraction of sp³-hybridized carbons (Fsp3) is 0.462. The van der Waals surface area contributed by atoms with Crippen molar-refractivity contribution in [3.8, 4) is 5.75 Å². The molecule has 0 atom stereocenters. The van der Waals surface area contributed by atoms with Gasteiger partial charge in [-0.15, -0.1) is 0 Å². The van der Waals surface area contributed by atoms with Gasteiger partial charge in [0.05, 0.1) is 12.4 Å². The third kappa shape index (κ3) is 3.63. The Morgan fingerprint density at radius 1 is 1.43 bits per heavy atom. The van der Waals surface area contributed by atoms with E-state index in [9.17, 15) is 8.42 Å². The highest BCUT2D eigenvalue weighted by molar-refractivity contribution is 7.93. The van der Waals surface area contributed by atoms with E-state index >= 15 is 0 Å². The Bertz CT molecular complexity index is 625. The van der Waals surface area contributed by atoms with Crippen LogP contribution in [0.5, 0.6) is 5.75 Å². The Morgan fingerprint density at radius 3 is 2.67 bits per heavy atom. The van der Waals surface area contributed by atoms with Crippen LogP contribution in [-0.2, 0) is 14.8 Å². The fourth-order valence-electron chi connectivity index (χ4n) is 2.22. The maximum atomic E-state index is 12.5. The number of nitrogens with one attached hydrogen (secondary N) is 1. The number of methoxy groups -OCH3 is 1. The molecule has 0 saturated carbocycles. The third-order valence-electron chi connectivity index (χ3n) is 3.36. The van der Waals surface area contributed by atoms with Crippen LogP contribution in [0.15, 0.2) is 18.2 Å². The van der Waals surface area contributed by atoms with Gasteiger partial charge in [0.2, 0.25) is 10.0 Å². The number of rotatable bonds is 5. The van der Waals surface area contributed by atoms with Crippen LogP contribution in [0.3, 0.4) is 0 Å². The van der Waals surface area contributed by atoms with Crippen molar-refractivity contribution in [2.24, 2.45) is 5.73 Å². The number of hydrogen-bond acceptors (Lipinski definition) is 5. The monoisotopic (exact) mass is 330 g/mol. The Hall–Kier alpha value is -1.38. The fourth-order valence-corrected chi connectivity index (χ4v) is 3.87. The summed E-state index contributed by atoms with van der Waals surface area (Å²) in [5.41, 5.74) is 6.39. The molecule has 1 aromatic rings. The minimum Gasteiger partial charge on any atom is -0.495 e. The van der Waals surface area contributed by atoms with E-state index in [2.05, 4.69) is 4.72 Å². The normalized spacial score (nSPS) is 16.4. The van der Waals surface area contributed by atoms with E-state index in [0.29, 0.717) is 43.1 Å². The van der Waals surface area contributed by atoms with Crippen LogP contribution >= 0.6 is 12.2 Å². The average Bonchev–Trinajstić information content (AvgIpc) is 2.47. The number of nitrogens with two attached hydrogens (primary N) is 1. The van der Waals surface area contributed by atoms with Crippen molar-refractivity contribution in [2.45, 2.75) is 18.1 Å². The van der Waals surface area contributed by atoms with Gasteiger partial charge >= 0.3 is 0 Å². The first-order valence-corrected chi connectivity index (χ1v) is 8.47. The molecule has 0 radical (unpaired) electrons. The van der Waals surface area contributed by atoms with Crippen LogP contribution in [0.25, 0.3) is 0 Å².